The molecule has 0 saturated carbocycles. The topological polar surface area (TPSA) is 52.5 Å². The normalized spacial score (nSPS) is 22.5. The Morgan fingerprint density at radius 2 is 1.89 bits per heavy atom. The number of anilines is 1. The van der Waals surface area contributed by atoms with Crippen LogP contribution in [0.1, 0.15) is 29.5 Å². The van der Waals surface area contributed by atoms with Crippen molar-refractivity contribution in [3.05, 3.63) is 53.3 Å². The molecule has 0 radical (unpaired) electrons. The summed E-state index contributed by atoms with van der Waals surface area (Å²) in [4.78, 5) is 13.7. The number of aromatic nitrogens is 2. The lowest BCUT2D eigenvalue weighted by Crippen LogP contribution is -2.44. The van der Waals surface area contributed by atoms with Crippen molar-refractivity contribution in [3.8, 4) is 0 Å². The Hall–Kier alpha value is -1.98. The lowest BCUT2D eigenvalue weighted by Gasteiger charge is -2.42. The fraction of sp³-hybridized carbons (Fsp3) is 0.545. The largest absolute Gasteiger partial charge is 0.396 e. The number of hydrogen-bond donors (Lipinski definition) is 1. The number of nitrogens with zero attached hydrogens (tertiary/aromatic N) is 4. The van der Waals surface area contributed by atoms with E-state index in [1.54, 1.807) is 12.4 Å². The zero-order chi connectivity index (χ0) is 18.9. The van der Waals surface area contributed by atoms with Crippen LogP contribution in [-0.2, 0) is 6.54 Å². The zero-order valence-corrected chi connectivity index (χ0v) is 16.4. The maximum atomic E-state index is 10.0. The van der Waals surface area contributed by atoms with Crippen molar-refractivity contribution in [1.82, 2.24) is 14.9 Å². The zero-order valence-electron chi connectivity index (χ0n) is 16.4. The summed E-state index contributed by atoms with van der Waals surface area (Å²) in [6.07, 6.45) is 5.86. The Bertz CT molecular complexity index is 771. The van der Waals surface area contributed by atoms with Gasteiger partial charge in [0.25, 0.3) is 0 Å². The monoisotopic (exact) mass is 366 g/mol. The van der Waals surface area contributed by atoms with Gasteiger partial charge in [-0.25, -0.2) is 9.97 Å². The fourth-order valence-corrected chi connectivity index (χ4v) is 4.88. The van der Waals surface area contributed by atoms with Gasteiger partial charge in [0.15, 0.2) is 0 Å². The summed E-state index contributed by atoms with van der Waals surface area (Å²) in [5.74, 6) is 1.11. The first kappa shape index (κ1) is 18.4. The van der Waals surface area contributed by atoms with E-state index in [-0.39, 0.29) is 12.0 Å². The number of aryl methyl sites for hydroxylation is 2. The number of hydrogen-bond acceptors (Lipinski definition) is 5. The molecule has 0 aliphatic carbocycles. The molecule has 2 saturated heterocycles. The lowest BCUT2D eigenvalue weighted by molar-refractivity contribution is 0.0506. The first-order valence-corrected chi connectivity index (χ1v) is 10.0. The summed E-state index contributed by atoms with van der Waals surface area (Å²) >= 11 is 0. The number of aliphatic hydroxyl groups excluding tert-OH is 1. The summed E-state index contributed by atoms with van der Waals surface area (Å²) in [6, 6.07) is 8.61. The van der Waals surface area contributed by atoms with Crippen molar-refractivity contribution < 1.29 is 5.11 Å². The molecular formula is C22H30N4O. The van der Waals surface area contributed by atoms with Gasteiger partial charge in [0.2, 0.25) is 5.95 Å². The number of aliphatic hydroxyl groups is 1. The second-order valence-electron chi connectivity index (χ2n) is 8.38. The molecule has 0 bridgehead atoms. The van der Waals surface area contributed by atoms with Gasteiger partial charge >= 0.3 is 0 Å². The van der Waals surface area contributed by atoms with Crippen molar-refractivity contribution >= 4 is 5.95 Å². The van der Waals surface area contributed by atoms with Crippen molar-refractivity contribution in [2.45, 2.75) is 33.2 Å². The van der Waals surface area contributed by atoms with Crippen LogP contribution in [0, 0.1) is 25.2 Å². The quantitative estimate of drug-likeness (QED) is 0.902. The molecule has 5 nitrogen and oxygen atoms in total. The van der Waals surface area contributed by atoms with Gasteiger partial charge < -0.3 is 10.0 Å². The predicted molar refractivity (Wildman–Crippen MR) is 108 cm³/mol. The van der Waals surface area contributed by atoms with E-state index in [1.807, 2.05) is 6.07 Å². The van der Waals surface area contributed by atoms with Gasteiger partial charge in [-0.05, 0) is 62.4 Å². The Balaban J connectivity index is 1.42. The molecule has 4 rings (SSSR count). The highest BCUT2D eigenvalue weighted by atomic mass is 16.3. The van der Waals surface area contributed by atoms with E-state index >= 15 is 0 Å². The van der Waals surface area contributed by atoms with Crippen LogP contribution >= 0.6 is 0 Å². The first-order valence-electron chi connectivity index (χ1n) is 10.0. The lowest BCUT2D eigenvalue weighted by atomic mass is 9.71. The standard InChI is InChI=1S/C22H30N4O/c1-17-4-5-19(18(2)12-17)13-25-10-6-22(7-11-25)16-26(14-20(22)15-27)21-23-8-3-9-24-21/h3-5,8-9,12,20,27H,6-7,10-11,13-16H2,1-2H3. The maximum Gasteiger partial charge on any atom is 0.225 e. The van der Waals surface area contributed by atoms with E-state index in [1.165, 1.54) is 16.7 Å². The van der Waals surface area contributed by atoms with Crippen molar-refractivity contribution in [2.75, 3.05) is 37.7 Å². The Kier molecular flexibility index (Phi) is 5.15. The molecule has 2 aromatic rings. The Labute approximate surface area is 162 Å². The van der Waals surface area contributed by atoms with Crippen LogP contribution in [0.3, 0.4) is 0 Å². The summed E-state index contributed by atoms with van der Waals surface area (Å²) < 4.78 is 0. The van der Waals surface area contributed by atoms with Gasteiger partial charge in [-0.15, -0.1) is 0 Å². The minimum Gasteiger partial charge on any atom is -0.396 e. The predicted octanol–water partition coefficient (Wildman–Crippen LogP) is 2.80. The number of rotatable bonds is 4. The third kappa shape index (κ3) is 3.71. The van der Waals surface area contributed by atoms with Crippen molar-refractivity contribution in [1.29, 1.82) is 0 Å². The van der Waals surface area contributed by atoms with Crippen LogP contribution in [0.2, 0.25) is 0 Å². The van der Waals surface area contributed by atoms with E-state index in [4.69, 9.17) is 0 Å². The van der Waals surface area contributed by atoms with Gasteiger partial charge in [-0.1, -0.05) is 23.8 Å². The summed E-state index contributed by atoms with van der Waals surface area (Å²) in [5.41, 5.74) is 4.33. The molecule has 1 atom stereocenters. The maximum absolute atomic E-state index is 10.0. The summed E-state index contributed by atoms with van der Waals surface area (Å²) in [7, 11) is 0. The van der Waals surface area contributed by atoms with Crippen LogP contribution in [0.15, 0.2) is 36.7 Å². The van der Waals surface area contributed by atoms with Crippen LogP contribution in [0.25, 0.3) is 0 Å². The minimum atomic E-state index is 0.187. The first-order chi connectivity index (χ1) is 13.1. The highest BCUT2D eigenvalue weighted by Crippen LogP contribution is 2.45. The van der Waals surface area contributed by atoms with Crippen molar-refractivity contribution in [3.63, 3.8) is 0 Å². The van der Waals surface area contributed by atoms with Gasteiger partial charge in [-0.2, -0.15) is 0 Å². The second kappa shape index (κ2) is 7.56. The molecule has 27 heavy (non-hydrogen) atoms. The molecule has 2 aliphatic rings. The molecule has 144 valence electrons. The molecule has 1 spiro atoms. The molecule has 2 aliphatic heterocycles. The third-order valence-corrected chi connectivity index (χ3v) is 6.61. The second-order valence-corrected chi connectivity index (χ2v) is 8.38. The smallest absolute Gasteiger partial charge is 0.225 e. The van der Waals surface area contributed by atoms with Crippen molar-refractivity contribution in [2.24, 2.45) is 11.3 Å². The van der Waals surface area contributed by atoms with E-state index < -0.39 is 0 Å². The molecule has 1 N–H and O–H groups in total. The molecule has 0 amide bonds. The molecule has 5 heteroatoms. The highest BCUT2D eigenvalue weighted by molar-refractivity contribution is 5.33. The van der Waals surface area contributed by atoms with Gasteiger partial charge in [0.05, 0.1) is 0 Å². The van der Waals surface area contributed by atoms with E-state index in [0.717, 1.165) is 51.5 Å². The third-order valence-electron chi connectivity index (χ3n) is 6.61. The highest BCUT2D eigenvalue weighted by Gasteiger charge is 2.48. The minimum absolute atomic E-state index is 0.187. The molecule has 1 aromatic heterocycles. The Morgan fingerprint density at radius 3 is 2.56 bits per heavy atom. The van der Waals surface area contributed by atoms with E-state index in [9.17, 15) is 5.11 Å². The fourth-order valence-electron chi connectivity index (χ4n) is 4.88. The van der Waals surface area contributed by atoms with E-state index in [0.29, 0.717) is 5.92 Å². The molecule has 3 heterocycles. The van der Waals surface area contributed by atoms with Gasteiger partial charge in [0, 0.05) is 44.6 Å². The van der Waals surface area contributed by atoms with Crippen LogP contribution < -0.4 is 4.90 Å². The molecule has 1 aromatic carbocycles. The molecule has 2 fully saturated rings. The summed E-state index contributed by atoms with van der Waals surface area (Å²) in [5, 5.41) is 10.0. The Morgan fingerprint density at radius 1 is 1.15 bits per heavy atom. The average Bonchev–Trinajstić information content (AvgIpc) is 3.05. The molecular weight excluding hydrogens is 336 g/mol. The van der Waals surface area contributed by atoms with E-state index in [2.05, 4.69) is 51.8 Å². The van der Waals surface area contributed by atoms with Crippen LogP contribution in [-0.4, -0.2) is 52.8 Å². The number of piperidine rings is 1. The average molecular weight is 367 g/mol. The SMILES string of the molecule is Cc1ccc(CN2CCC3(CC2)CN(c2ncccn2)CC3CO)c(C)c1. The molecule has 1 unspecified atom stereocenters. The number of likely N-dealkylation sites (tertiary alicyclic amines) is 1. The van der Waals surface area contributed by atoms with Gasteiger partial charge in [-0.3, -0.25) is 4.90 Å². The number of benzene rings is 1. The van der Waals surface area contributed by atoms with Crippen LogP contribution in [0.5, 0.6) is 0 Å². The van der Waals surface area contributed by atoms with Gasteiger partial charge in [0.1, 0.15) is 0 Å². The van der Waals surface area contributed by atoms with Crippen LogP contribution in [0.4, 0.5) is 5.95 Å². The summed E-state index contributed by atoms with van der Waals surface area (Å²) in [6.45, 7) is 9.64.